The Morgan fingerprint density at radius 3 is 2.30 bits per heavy atom. The second-order valence-electron chi connectivity index (χ2n) is 4.97. The van der Waals surface area contributed by atoms with Gasteiger partial charge in [-0.25, -0.2) is 4.98 Å². The molecule has 6 heteroatoms. The summed E-state index contributed by atoms with van der Waals surface area (Å²) in [6.45, 7) is 9.80. The molecule has 0 aliphatic heterocycles. The van der Waals surface area contributed by atoms with Crippen molar-refractivity contribution >= 4 is 17.2 Å². The van der Waals surface area contributed by atoms with Gasteiger partial charge in [-0.2, -0.15) is 0 Å². The summed E-state index contributed by atoms with van der Waals surface area (Å²) in [7, 11) is 0. The molecular formula is C14H15ClN4O. The molecule has 0 bridgehead atoms. The van der Waals surface area contributed by atoms with Crippen LogP contribution in [0.4, 0.5) is 0 Å². The standard InChI is InChI=1S/C14H15ClN4O/c1-6-9(4)20-10(5)11(6)13-17-18-14-12(15)16-7(2)8(3)19(13)14/h1-5H3. The van der Waals surface area contributed by atoms with Crippen LogP contribution < -0.4 is 0 Å². The number of hydrogen-bond acceptors (Lipinski definition) is 4. The van der Waals surface area contributed by atoms with Crippen LogP contribution in [0.3, 0.4) is 0 Å². The molecule has 3 rings (SSSR count). The highest BCUT2D eigenvalue weighted by atomic mass is 35.5. The van der Waals surface area contributed by atoms with Crippen molar-refractivity contribution in [1.29, 1.82) is 0 Å². The predicted octanol–water partition coefficient (Wildman–Crippen LogP) is 3.58. The lowest BCUT2D eigenvalue weighted by molar-refractivity contribution is 0.503. The maximum Gasteiger partial charge on any atom is 0.199 e. The Balaban J connectivity index is 2.44. The van der Waals surface area contributed by atoms with Crippen molar-refractivity contribution in [1.82, 2.24) is 19.6 Å². The van der Waals surface area contributed by atoms with Crippen molar-refractivity contribution in [3.8, 4) is 11.4 Å². The van der Waals surface area contributed by atoms with Gasteiger partial charge in [0.1, 0.15) is 11.5 Å². The van der Waals surface area contributed by atoms with Crippen LogP contribution in [0.1, 0.15) is 28.5 Å². The Bertz CT molecular complexity index is 832. The van der Waals surface area contributed by atoms with Crippen LogP contribution in [0.25, 0.3) is 17.0 Å². The number of aromatic nitrogens is 4. The zero-order valence-corrected chi connectivity index (χ0v) is 12.8. The molecule has 0 radical (unpaired) electrons. The van der Waals surface area contributed by atoms with Gasteiger partial charge in [-0.3, -0.25) is 4.40 Å². The minimum atomic E-state index is 0.363. The molecule has 5 nitrogen and oxygen atoms in total. The first kappa shape index (κ1) is 13.1. The van der Waals surface area contributed by atoms with Gasteiger partial charge in [0, 0.05) is 11.3 Å². The Labute approximate surface area is 121 Å². The average molecular weight is 291 g/mol. The van der Waals surface area contributed by atoms with Crippen LogP contribution in [0.15, 0.2) is 4.42 Å². The normalized spacial score (nSPS) is 11.5. The van der Waals surface area contributed by atoms with E-state index < -0.39 is 0 Å². The van der Waals surface area contributed by atoms with Crippen LogP contribution in [-0.2, 0) is 0 Å². The molecule has 0 unspecified atom stereocenters. The molecule has 0 aliphatic carbocycles. The second-order valence-corrected chi connectivity index (χ2v) is 5.33. The SMILES string of the molecule is Cc1nc(Cl)c2nnc(-c3c(C)oc(C)c3C)n2c1C. The van der Waals surface area contributed by atoms with Crippen molar-refractivity contribution in [2.24, 2.45) is 0 Å². The zero-order valence-electron chi connectivity index (χ0n) is 12.1. The lowest BCUT2D eigenvalue weighted by Crippen LogP contribution is -2.01. The summed E-state index contributed by atoms with van der Waals surface area (Å²) in [6.07, 6.45) is 0. The number of hydrogen-bond donors (Lipinski definition) is 0. The van der Waals surface area contributed by atoms with Gasteiger partial charge in [-0.1, -0.05) is 11.6 Å². The molecule has 0 saturated heterocycles. The number of aryl methyl sites for hydroxylation is 4. The first-order valence-electron chi connectivity index (χ1n) is 6.36. The molecule has 3 heterocycles. The van der Waals surface area contributed by atoms with Gasteiger partial charge >= 0.3 is 0 Å². The highest BCUT2D eigenvalue weighted by Gasteiger charge is 2.21. The van der Waals surface area contributed by atoms with E-state index >= 15 is 0 Å². The molecule has 0 saturated carbocycles. The maximum absolute atomic E-state index is 6.16. The largest absolute Gasteiger partial charge is 0.466 e. The van der Waals surface area contributed by atoms with E-state index in [1.165, 1.54) is 0 Å². The summed E-state index contributed by atoms with van der Waals surface area (Å²) < 4.78 is 7.63. The Morgan fingerprint density at radius 1 is 1.00 bits per heavy atom. The van der Waals surface area contributed by atoms with Crippen LogP contribution >= 0.6 is 11.6 Å². The molecule has 0 N–H and O–H groups in total. The fraction of sp³-hybridized carbons (Fsp3) is 0.357. The third-order valence-corrected chi connectivity index (χ3v) is 4.01. The van der Waals surface area contributed by atoms with Crippen molar-refractivity contribution in [2.45, 2.75) is 34.6 Å². The number of halogens is 1. The van der Waals surface area contributed by atoms with Crippen molar-refractivity contribution in [3.05, 3.63) is 33.6 Å². The molecule has 3 aromatic heterocycles. The Kier molecular flexibility index (Phi) is 2.83. The number of furan rings is 1. The maximum atomic E-state index is 6.16. The molecule has 0 aliphatic rings. The molecule has 20 heavy (non-hydrogen) atoms. The molecule has 0 atom stereocenters. The summed E-state index contributed by atoms with van der Waals surface area (Å²) in [6, 6.07) is 0. The molecule has 0 amide bonds. The molecule has 0 spiro atoms. The predicted molar refractivity (Wildman–Crippen MR) is 77.2 cm³/mol. The third kappa shape index (κ3) is 1.66. The fourth-order valence-electron chi connectivity index (χ4n) is 2.46. The number of nitrogens with zero attached hydrogens (tertiary/aromatic N) is 4. The monoisotopic (exact) mass is 290 g/mol. The first-order chi connectivity index (χ1) is 9.41. The topological polar surface area (TPSA) is 56.2 Å². The Morgan fingerprint density at radius 2 is 1.70 bits per heavy atom. The highest BCUT2D eigenvalue weighted by molar-refractivity contribution is 6.32. The van der Waals surface area contributed by atoms with E-state index in [1.807, 2.05) is 39.0 Å². The van der Waals surface area contributed by atoms with Crippen molar-refractivity contribution in [3.63, 3.8) is 0 Å². The second kappa shape index (κ2) is 4.31. The lowest BCUT2D eigenvalue weighted by Gasteiger charge is -2.07. The van der Waals surface area contributed by atoms with Gasteiger partial charge in [0.25, 0.3) is 0 Å². The molecule has 0 fully saturated rings. The van der Waals surface area contributed by atoms with Gasteiger partial charge in [-0.15, -0.1) is 10.2 Å². The fourth-order valence-corrected chi connectivity index (χ4v) is 2.71. The molecule has 104 valence electrons. The van der Waals surface area contributed by atoms with E-state index in [0.29, 0.717) is 10.8 Å². The van der Waals surface area contributed by atoms with Crippen molar-refractivity contribution < 1.29 is 4.42 Å². The molecular weight excluding hydrogens is 276 g/mol. The van der Waals surface area contributed by atoms with Crippen molar-refractivity contribution in [2.75, 3.05) is 0 Å². The lowest BCUT2D eigenvalue weighted by atomic mass is 10.1. The number of fused-ring (bicyclic) bond motifs is 1. The van der Waals surface area contributed by atoms with Gasteiger partial charge in [0.05, 0.1) is 11.3 Å². The van der Waals surface area contributed by atoms with E-state index in [9.17, 15) is 0 Å². The quantitative estimate of drug-likeness (QED) is 0.687. The first-order valence-corrected chi connectivity index (χ1v) is 6.74. The summed E-state index contributed by atoms with van der Waals surface area (Å²) in [5.41, 5.74) is 4.45. The zero-order chi connectivity index (χ0) is 14.6. The average Bonchev–Trinajstić information content (AvgIpc) is 2.90. The molecule has 0 aromatic carbocycles. The minimum Gasteiger partial charge on any atom is -0.466 e. The van der Waals surface area contributed by atoms with E-state index in [4.69, 9.17) is 16.0 Å². The summed E-state index contributed by atoms with van der Waals surface area (Å²) >= 11 is 6.16. The Hall–Kier alpha value is -1.88. The van der Waals surface area contributed by atoms with E-state index in [-0.39, 0.29) is 0 Å². The van der Waals surface area contributed by atoms with E-state index in [1.54, 1.807) is 0 Å². The minimum absolute atomic E-state index is 0.363. The van der Waals surface area contributed by atoms with Crippen LogP contribution in [0, 0.1) is 34.6 Å². The summed E-state index contributed by atoms with van der Waals surface area (Å²) in [5, 5.41) is 8.82. The van der Waals surface area contributed by atoms with E-state index in [2.05, 4.69) is 15.2 Å². The van der Waals surface area contributed by atoms with Gasteiger partial charge in [-0.05, 0) is 34.6 Å². The highest BCUT2D eigenvalue weighted by Crippen LogP contribution is 2.32. The van der Waals surface area contributed by atoms with Crippen LogP contribution in [0.2, 0.25) is 5.15 Å². The number of rotatable bonds is 1. The van der Waals surface area contributed by atoms with Gasteiger partial charge in [0.2, 0.25) is 0 Å². The summed E-state index contributed by atoms with van der Waals surface area (Å²) in [5.74, 6) is 2.47. The summed E-state index contributed by atoms with van der Waals surface area (Å²) in [4.78, 5) is 4.28. The van der Waals surface area contributed by atoms with E-state index in [0.717, 1.165) is 39.9 Å². The van der Waals surface area contributed by atoms with Crippen LogP contribution in [0.5, 0.6) is 0 Å². The van der Waals surface area contributed by atoms with Gasteiger partial charge in [0.15, 0.2) is 16.6 Å². The third-order valence-electron chi connectivity index (χ3n) is 3.76. The smallest absolute Gasteiger partial charge is 0.199 e. The van der Waals surface area contributed by atoms with Crippen LogP contribution in [-0.4, -0.2) is 19.6 Å². The molecule has 3 aromatic rings. The van der Waals surface area contributed by atoms with Gasteiger partial charge < -0.3 is 4.42 Å².